The number of morpholine rings is 1. The summed E-state index contributed by atoms with van der Waals surface area (Å²) in [6.45, 7) is 6.69. The summed E-state index contributed by atoms with van der Waals surface area (Å²) in [4.78, 5) is 2.37. The van der Waals surface area contributed by atoms with Crippen LogP contribution in [0.4, 0.5) is 0 Å². The van der Waals surface area contributed by atoms with Crippen molar-refractivity contribution in [2.75, 3.05) is 52.7 Å². The summed E-state index contributed by atoms with van der Waals surface area (Å²) in [5, 5.41) is 0. The topological polar surface area (TPSA) is 30.9 Å². The normalized spacial score (nSPS) is 16.5. The van der Waals surface area contributed by atoms with Gasteiger partial charge < -0.3 is 14.2 Å². The van der Waals surface area contributed by atoms with E-state index in [4.69, 9.17) is 14.2 Å². The first-order valence-corrected chi connectivity index (χ1v) is 7.69. The molecule has 1 aliphatic heterocycles. The Morgan fingerprint density at radius 2 is 1.89 bits per heavy atom. The Hall–Kier alpha value is -0.370. The second-order valence-electron chi connectivity index (χ2n) is 4.35. The van der Waals surface area contributed by atoms with Crippen molar-refractivity contribution in [3.63, 3.8) is 0 Å². The standard InChI is InChI=1S/C14H20INO3/c15-13-3-1-2-4-14(13)19-12-11-18-10-7-16-5-8-17-9-6-16/h1-4H,5-12H2. The average Bonchev–Trinajstić information content (AvgIpc) is 2.45. The molecule has 0 atom stereocenters. The van der Waals surface area contributed by atoms with E-state index in [9.17, 15) is 0 Å². The van der Waals surface area contributed by atoms with E-state index >= 15 is 0 Å². The SMILES string of the molecule is Ic1ccccc1OCCOCCN1CCOCC1. The van der Waals surface area contributed by atoms with Crippen LogP contribution in [0, 0.1) is 3.57 Å². The highest BCUT2D eigenvalue weighted by Gasteiger charge is 2.09. The third kappa shape index (κ3) is 5.64. The van der Waals surface area contributed by atoms with E-state index in [0.29, 0.717) is 13.2 Å². The summed E-state index contributed by atoms with van der Waals surface area (Å²) in [6, 6.07) is 8.01. The van der Waals surface area contributed by atoms with Crippen LogP contribution < -0.4 is 4.74 Å². The van der Waals surface area contributed by atoms with E-state index in [2.05, 4.69) is 27.5 Å². The molecule has 0 bridgehead atoms. The van der Waals surface area contributed by atoms with Gasteiger partial charge in [-0.05, 0) is 34.7 Å². The van der Waals surface area contributed by atoms with Crippen molar-refractivity contribution in [1.82, 2.24) is 4.90 Å². The Morgan fingerprint density at radius 1 is 1.11 bits per heavy atom. The molecule has 5 heteroatoms. The molecule has 1 aromatic rings. The van der Waals surface area contributed by atoms with Gasteiger partial charge in [-0.2, -0.15) is 0 Å². The van der Waals surface area contributed by atoms with Crippen LogP contribution in [0.2, 0.25) is 0 Å². The number of benzene rings is 1. The molecule has 1 heterocycles. The molecule has 0 radical (unpaired) electrons. The molecule has 106 valence electrons. The van der Waals surface area contributed by atoms with Gasteiger partial charge in [0.1, 0.15) is 12.4 Å². The zero-order valence-corrected chi connectivity index (χ0v) is 13.2. The maximum atomic E-state index is 5.66. The van der Waals surface area contributed by atoms with Gasteiger partial charge in [-0.25, -0.2) is 0 Å². The molecule has 1 aromatic carbocycles. The predicted octanol–water partition coefficient (Wildman–Crippen LogP) is 2.02. The van der Waals surface area contributed by atoms with Crippen LogP contribution in [0.25, 0.3) is 0 Å². The fourth-order valence-electron chi connectivity index (χ4n) is 1.89. The maximum Gasteiger partial charge on any atom is 0.132 e. The third-order valence-corrected chi connectivity index (χ3v) is 3.87. The first kappa shape index (κ1) is 15.0. The minimum Gasteiger partial charge on any atom is -0.490 e. The molecule has 0 spiro atoms. The largest absolute Gasteiger partial charge is 0.490 e. The Morgan fingerprint density at radius 3 is 2.68 bits per heavy atom. The van der Waals surface area contributed by atoms with Crippen molar-refractivity contribution in [1.29, 1.82) is 0 Å². The van der Waals surface area contributed by atoms with Gasteiger partial charge in [0.15, 0.2) is 0 Å². The molecule has 1 aliphatic rings. The minimum atomic E-state index is 0.600. The first-order chi connectivity index (χ1) is 9.36. The van der Waals surface area contributed by atoms with Crippen LogP contribution in [0.15, 0.2) is 24.3 Å². The van der Waals surface area contributed by atoms with Crippen molar-refractivity contribution >= 4 is 22.6 Å². The van der Waals surface area contributed by atoms with Gasteiger partial charge in [0.25, 0.3) is 0 Å². The summed E-state index contributed by atoms with van der Waals surface area (Å²) >= 11 is 2.27. The molecule has 2 rings (SSSR count). The fraction of sp³-hybridized carbons (Fsp3) is 0.571. The van der Waals surface area contributed by atoms with Crippen molar-refractivity contribution in [2.45, 2.75) is 0 Å². The van der Waals surface area contributed by atoms with Crippen molar-refractivity contribution in [3.8, 4) is 5.75 Å². The van der Waals surface area contributed by atoms with Gasteiger partial charge >= 0.3 is 0 Å². The molecule has 0 amide bonds. The molecular weight excluding hydrogens is 357 g/mol. The van der Waals surface area contributed by atoms with E-state index in [1.54, 1.807) is 0 Å². The number of ether oxygens (including phenoxy) is 3. The Balaban J connectivity index is 1.51. The number of nitrogens with zero attached hydrogens (tertiary/aromatic N) is 1. The zero-order valence-electron chi connectivity index (χ0n) is 11.0. The van der Waals surface area contributed by atoms with Gasteiger partial charge in [-0.1, -0.05) is 12.1 Å². The molecule has 0 saturated carbocycles. The maximum absolute atomic E-state index is 5.66. The second kappa shape index (κ2) is 8.73. The van der Waals surface area contributed by atoms with Crippen molar-refractivity contribution in [3.05, 3.63) is 27.8 Å². The lowest BCUT2D eigenvalue weighted by atomic mass is 10.3. The van der Waals surface area contributed by atoms with E-state index < -0.39 is 0 Å². The minimum absolute atomic E-state index is 0.600. The number of para-hydroxylation sites is 1. The van der Waals surface area contributed by atoms with Crippen molar-refractivity contribution in [2.24, 2.45) is 0 Å². The Kier molecular flexibility index (Phi) is 6.91. The quantitative estimate of drug-likeness (QED) is 0.538. The highest BCUT2D eigenvalue weighted by atomic mass is 127. The number of hydrogen-bond donors (Lipinski definition) is 0. The molecular formula is C14H20INO3. The third-order valence-electron chi connectivity index (χ3n) is 2.98. The van der Waals surface area contributed by atoms with E-state index in [0.717, 1.165) is 48.8 Å². The van der Waals surface area contributed by atoms with Crippen molar-refractivity contribution < 1.29 is 14.2 Å². The van der Waals surface area contributed by atoms with Gasteiger partial charge in [-0.15, -0.1) is 0 Å². The zero-order chi connectivity index (χ0) is 13.3. The Labute approximate surface area is 128 Å². The van der Waals surface area contributed by atoms with Crippen LogP contribution >= 0.6 is 22.6 Å². The number of rotatable bonds is 7. The fourth-order valence-corrected chi connectivity index (χ4v) is 2.44. The lowest BCUT2D eigenvalue weighted by molar-refractivity contribution is 0.0170. The lowest BCUT2D eigenvalue weighted by Gasteiger charge is -2.26. The summed E-state index contributed by atoms with van der Waals surface area (Å²) < 4.78 is 17.7. The second-order valence-corrected chi connectivity index (χ2v) is 5.51. The molecule has 0 N–H and O–H groups in total. The summed E-state index contributed by atoms with van der Waals surface area (Å²) in [6.07, 6.45) is 0. The van der Waals surface area contributed by atoms with Crippen LogP contribution in [0.1, 0.15) is 0 Å². The van der Waals surface area contributed by atoms with Crippen LogP contribution in [-0.4, -0.2) is 57.6 Å². The molecule has 4 nitrogen and oxygen atoms in total. The monoisotopic (exact) mass is 377 g/mol. The lowest BCUT2D eigenvalue weighted by Crippen LogP contribution is -2.38. The molecule has 1 fully saturated rings. The number of hydrogen-bond acceptors (Lipinski definition) is 4. The molecule has 0 aromatic heterocycles. The highest BCUT2D eigenvalue weighted by Crippen LogP contribution is 2.19. The predicted molar refractivity (Wildman–Crippen MR) is 82.7 cm³/mol. The smallest absolute Gasteiger partial charge is 0.132 e. The van der Waals surface area contributed by atoms with Gasteiger partial charge in [0.05, 0.1) is 30.0 Å². The number of halogens is 1. The van der Waals surface area contributed by atoms with Crippen LogP contribution in [-0.2, 0) is 9.47 Å². The van der Waals surface area contributed by atoms with Gasteiger partial charge in [0.2, 0.25) is 0 Å². The molecule has 19 heavy (non-hydrogen) atoms. The summed E-state index contributed by atoms with van der Waals surface area (Å²) in [7, 11) is 0. The Bertz CT molecular complexity index is 369. The highest BCUT2D eigenvalue weighted by molar-refractivity contribution is 14.1. The molecule has 1 saturated heterocycles. The molecule has 0 unspecified atom stereocenters. The summed E-state index contributed by atoms with van der Waals surface area (Å²) in [5.41, 5.74) is 0. The van der Waals surface area contributed by atoms with Gasteiger partial charge in [0, 0.05) is 19.6 Å². The van der Waals surface area contributed by atoms with E-state index in [1.165, 1.54) is 0 Å². The van der Waals surface area contributed by atoms with E-state index in [-0.39, 0.29) is 0 Å². The van der Waals surface area contributed by atoms with E-state index in [1.807, 2.05) is 24.3 Å². The first-order valence-electron chi connectivity index (χ1n) is 6.61. The van der Waals surface area contributed by atoms with Crippen LogP contribution in [0.3, 0.4) is 0 Å². The average molecular weight is 377 g/mol. The van der Waals surface area contributed by atoms with Crippen LogP contribution in [0.5, 0.6) is 5.75 Å². The van der Waals surface area contributed by atoms with Gasteiger partial charge in [-0.3, -0.25) is 4.90 Å². The summed E-state index contributed by atoms with van der Waals surface area (Å²) in [5.74, 6) is 0.930. The molecule has 0 aliphatic carbocycles.